The van der Waals surface area contributed by atoms with Gasteiger partial charge in [-0.3, -0.25) is 0 Å². The molecule has 0 amide bonds. The second-order valence-corrected chi connectivity index (χ2v) is 9.63. The third-order valence-corrected chi connectivity index (χ3v) is 6.13. The van der Waals surface area contributed by atoms with Crippen molar-refractivity contribution >= 4 is 23.7 Å². The number of fused-ring (bicyclic) bond motifs is 1. The van der Waals surface area contributed by atoms with Crippen LogP contribution in [0, 0.1) is 5.41 Å². The lowest BCUT2D eigenvalue weighted by Gasteiger charge is -2.31. The Kier molecular flexibility index (Phi) is 8.94. The monoisotopic (exact) mass is 476 g/mol. The van der Waals surface area contributed by atoms with E-state index in [0.717, 1.165) is 34.4 Å². The minimum atomic E-state index is -0.446. The highest BCUT2D eigenvalue weighted by Gasteiger charge is 2.34. The van der Waals surface area contributed by atoms with Crippen LogP contribution in [-0.4, -0.2) is 39.5 Å². The first-order valence-corrected chi connectivity index (χ1v) is 11.8. The largest absolute Gasteiger partial charge is 0.503 e. The molecule has 2 aromatic rings. The van der Waals surface area contributed by atoms with E-state index >= 15 is 0 Å². The van der Waals surface area contributed by atoms with Crippen LogP contribution in [0.25, 0.3) is 17.7 Å². The lowest BCUT2D eigenvalue weighted by Crippen LogP contribution is -2.37. The third-order valence-electron chi connectivity index (χ3n) is 6.13. The normalized spacial score (nSPS) is 17.2. The van der Waals surface area contributed by atoms with Gasteiger partial charge in [0.25, 0.3) is 0 Å². The van der Waals surface area contributed by atoms with Crippen LogP contribution in [0.15, 0.2) is 60.4 Å². The maximum atomic E-state index is 12.3. The van der Waals surface area contributed by atoms with E-state index < -0.39 is 5.97 Å². The molecule has 0 saturated heterocycles. The van der Waals surface area contributed by atoms with E-state index in [9.17, 15) is 4.79 Å². The van der Waals surface area contributed by atoms with Gasteiger partial charge < -0.3 is 18.9 Å². The highest BCUT2D eigenvalue weighted by molar-refractivity contribution is 6.17. The van der Waals surface area contributed by atoms with Gasteiger partial charge in [0.15, 0.2) is 0 Å². The number of allylic oxidation sites excluding steroid dienone is 1. The fourth-order valence-corrected chi connectivity index (χ4v) is 4.11. The van der Waals surface area contributed by atoms with Crippen LogP contribution in [0.1, 0.15) is 49.9 Å². The summed E-state index contributed by atoms with van der Waals surface area (Å²) in [5.41, 5.74) is 5.39. The molecule has 3 rings (SSSR count). The second-order valence-electron chi connectivity index (χ2n) is 9.63. The fraction of sp³-hybridized carbons (Fsp3) is 0.367. The van der Waals surface area contributed by atoms with E-state index in [-0.39, 0.29) is 11.5 Å². The number of rotatable bonds is 8. The zero-order chi connectivity index (χ0) is 25.4. The Morgan fingerprint density at radius 1 is 1.11 bits per heavy atom. The maximum Gasteiger partial charge on any atom is 0.341 e. The number of benzene rings is 2. The first-order valence-electron chi connectivity index (χ1n) is 11.8. The average molecular weight is 477 g/mol. The minimum Gasteiger partial charge on any atom is -0.503 e. The number of hydrogen-bond acceptors (Lipinski definition) is 5. The molecule has 1 aliphatic rings. The van der Waals surface area contributed by atoms with Crippen LogP contribution in [0.3, 0.4) is 0 Å². The molecule has 0 spiro atoms. The van der Waals surface area contributed by atoms with Crippen molar-refractivity contribution in [3.8, 4) is 5.75 Å². The molecule has 1 unspecified atom stereocenters. The summed E-state index contributed by atoms with van der Waals surface area (Å²) in [5.74, 6) is 0.457. The van der Waals surface area contributed by atoms with Crippen molar-refractivity contribution in [2.45, 2.75) is 40.2 Å². The first-order chi connectivity index (χ1) is 16.7. The van der Waals surface area contributed by atoms with Gasteiger partial charge in [-0.15, -0.1) is 0 Å². The number of methoxy groups -OCH3 is 2. The number of ether oxygens (including phenoxy) is 4. The van der Waals surface area contributed by atoms with Crippen LogP contribution in [0.4, 0.5) is 0 Å². The molecule has 0 aromatic heterocycles. The van der Waals surface area contributed by atoms with Gasteiger partial charge in [0.2, 0.25) is 0 Å². The molecule has 35 heavy (non-hydrogen) atoms. The molecule has 1 heterocycles. The SMILES string of the molecule is CO/C=C(/C(=O)OC)c1ccccc1/C=C/c1ccc2c(c1)CC(C)(C)C(OCC=C(C)C)CO2. The highest BCUT2D eigenvalue weighted by atomic mass is 16.5. The number of carbonyl (C=O) groups excluding carboxylic acids is 1. The standard InChI is InChI=1S/C30H36O5/c1-21(2)15-16-34-28-20-35-27-14-12-22(17-24(27)18-30(28,3)4)11-13-23-9-7-8-10-25(23)26(19-32-5)29(31)33-6/h7-15,17,19,28H,16,18,20H2,1-6H3/b13-11+,26-19+. The highest BCUT2D eigenvalue weighted by Crippen LogP contribution is 2.37. The molecule has 0 saturated carbocycles. The van der Waals surface area contributed by atoms with E-state index in [2.05, 4.69) is 39.8 Å². The molecule has 0 aliphatic carbocycles. The molecular formula is C30H36O5. The second kappa shape index (κ2) is 11.9. The summed E-state index contributed by atoms with van der Waals surface area (Å²) >= 11 is 0. The first kappa shape index (κ1) is 26.3. The van der Waals surface area contributed by atoms with E-state index in [1.165, 1.54) is 26.1 Å². The summed E-state index contributed by atoms with van der Waals surface area (Å²) in [5, 5.41) is 0. The maximum absolute atomic E-state index is 12.3. The smallest absolute Gasteiger partial charge is 0.341 e. The zero-order valence-electron chi connectivity index (χ0n) is 21.6. The summed E-state index contributed by atoms with van der Waals surface area (Å²) in [6.07, 6.45) is 8.40. The van der Waals surface area contributed by atoms with Crippen molar-refractivity contribution in [3.63, 3.8) is 0 Å². The van der Waals surface area contributed by atoms with Crippen molar-refractivity contribution < 1.29 is 23.7 Å². The minimum absolute atomic E-state index is 0.000633. The number of esters is 1. The predicted molar refractivity (Wildman–Crippen MR) is 141 cm³/mol. The predicted octanol–water partition coefficient (Wildman–Crippen LogP) is 6.33. The van der Waals surface area contributed by atoms with Crippen LogP contribution in [0.5, 0.6) is 5.75 Å². The molecule has 0 N–H and O–H groups in total. The van der Waals surface area contributed by atoms with Crippen LogP contribution < -0.4 is 4.74 Å². The average Bonchev–Trinajstić information content (AvgIpc) is 2.95. The molecule has 1 aliphatic heterocycles. The Balaban J connectivity index is 1.84. The third kappa shape index (κ3) is 6.86. The molecule has 186 valence electrons. The van der Waals surface area contributed by atoms with Crippen molar-refractivity contribution in [2.75, 3.05) is 27.4 Å². The van der Waals surface area contributed by atoms with E-state index in [0.29, 0.717) is 18.8 Å². The molecule has 5 heteroatoms. The van der Waals surface area contributed by atoms with Gasteiger partial charge in [0.05, 0.1) is 33.2 Å². The van der Waals surface area contributed by atoms with Crippen LogP contribution >= 0.6 is 0 Å². The molecule has 5 nitrogen and oxygen atoms in total. The van der Waals surface area contributed by atoms with Gasteiger partial charge in [0.1, 0.15) is 17.9 Å². The van der Waals surface area contributed by atoms with Crippen molar-refractivity contribution in [2.24, 2.45) is 5.41 Å². The van der Waals surface area contributed by atoms with Gasteiger partial charge in [-0.2, -0.15) is 0 Å². The Bertz CT molecular complexity index is 1120. The Hall–Kier alpha value is -3.31. The Labute approximate surface area is 209 Å². The van der Waals surface area contributed by atoms with E-state index in [1.54, 1.807) is 0 Å². The van der Waals surface area contributed by atoms with E-state index in [1.807, 2.05) is 48.6 Å². The van der Waals surface area contributed by atoms with E-state index in [4.69, 9.17) is 18.9 Å². The Morgan fingerprint density at radius 3 is 2.60 bits per heavy atom. The molecule has 0 fully saturated rings. The molecular weight excluding hydrogens is 440 g/mol. The zero-order valence-corrected chi connectivity index (χ0v) is 21.6. The molecule has 2 aromatic carbocycles. The quantitative estimate of drug-likeness (QED) is 0.147. The number of hydrogen-bond donors (Lipinski definition) is 0. The lowest BCUT2D eigenvalue weighted by atomic mass is 9.81. The summed E-state index contributed by atoms with van der Waals surface area (Å²) in [7, 11) is 2.87. The van der Waals surface area contributed by atoms with Crippen molar-refractivity contribution in [3.05, 3.63) is 82.6 Å². The van der Waals surface area contributed by atoms with Crippen LogP contribution in [0.2, 0.25) is 0 Å². The molecule has 0 radical (unpaired) electrons. The summed E-state index contributed by atoms with van der Waals surface area (Å²) in [4.78, 5) is 12.3. The fourth-order valence-electron chi connectivity index (χ4n) is 4.11. The summed E-state index contributed by atoms with van der Waals surface area (Å²) in [6, 6.07) is 13.9. The van der Waals surface area contributed by atoms with Gasteiger partial charge in [0, 0.05) is 0 Å². The van der Waals surface area contributed by atoms with Gasteiger partial charge in [-0.25, -0.2) is 4.79 Å². The Morgan fingerprint density at radius 2 is 1.89 bits per heavy atom. The van der Waals surface area contributed by atoms with Gasteiger partial charge in [-0.1, -0.05) is 68.0 Å². The van der Waals surface area contributed by atoms with Gasteiger partial charge in [-0.05, 0) is 60.1 Å². The number of carbonyl (C=O) groups is 1. The van der Waals surface area contributed by atoms with Crippen molar-refractivity contribution in [1.82, 2.24) is 0 Å². The summed E-state index contributed by atoms with van der Waals surface area (Å²) < 4.78 is 22.4. The van der Waals surface area contributed by atoms with Crippen molar-refractivity contribution in [1.29, 1.82) is 0 Å². The molecule has 1 atom stereocenters. The lowest BCUT2D eigenvalue weighted by molar-refractivity contribution is -0.133. The van der Waals surface area contributed by atoms with Gasteiger partial charge >= 0.3 is 5.97 Å². The topological polar surface area (TPSA) is 54.0 Å². The summed E-state index contributed by atoms with van der Waals surface area (Å²) in [6.45, 7) is 9.73. The molecule has 0 bridgehead atoms. The van der Waals surface area contributed by atoms with Crippen LogP contribution in [-0.2, 0) is 25.4 Å².